The van der Waals surface area contributed by atoms with Crippen LogP contribution in [0, 0.1) is 22.7 Å². The molecule has 0 bridgehead atoms. The summed E-state index contributed by atoms with van der Waals surface area (Å²) in [7, 11) is 0. The number of para-hydroxylation sites is 3. The van der Waals surface area contributed by atoms with Crippen molar-refractivity contribution in [2.24, 2.45) is 0 Å². The normalized spacial score (nSPS) is 11.3. The topological polar surface area (TPSA) is 83.2 Å². The number of nitriles is 2. The molecule has 3 aromatic heterocycles. The lowest BCUT2D eigenvalue weighted by Gasteiger charge is -2.13. The first-order chi connectivity index (χ1) is 23.7. The van der Waals surface area contributed by atoms with Gasteiger partial charge in [0.25, 0.3) is 0 Å². The number of aromatic nitrogens is 4. The fourth-order valence-corrected chi connectivity index (χ4v) is 6.97. The smallest absolute Gasteiger partial charge is 0.235 e. The van der Waals surface area contributed by atoms with Gasteiger partial charge in [0.1, 0.15) is 12.1 Å². The molecule has 0 aliphatic heterocycles. The quantitative estimate of drug-likeness (QED) is 0.198. The molecule has 3 heterocycles. The summed E-state index contributed by atoms with van der Waals surface area (Å²) in [5.41, 5.74) is 8.80. The molecule has 0 radical (unpaired) electrons. The van der Waals surface area contributed by atoms with E-state index < -0.39 is 0 Å². The number of nitrogens with zero attached hydrogens (tertiary/aromatic N) is 6. The zero-order valence-electron chi connectivity index (χ0n) is 25.5. The van der Waals surface area contributed by atoms with Gasteiger partial charge < -0.3 is 4.57 Å². The van der Waals surface area contributed by atoms with Crippen molar-refractivity contribution in [3.8, 4) is 46.3 Å². The maximum atomic E-state index is 10.3. The van der Waals surface area contributed by atoms with Crippen LogP contribution in [0.25, 0.3) is 77.8 Å². The average Bonchev–Trinajstić information content (AvgIpc) is 3.68. The first kappa shape index (κ1) is 27.3. The Kier molecular flexibility index (Phi) is 6.15. The van der Waals surface area contributed by atoms with Gasteiger partial charge in [0.15, 0.2) is 0 Å². The van der Waals surface area contributed by atoms with Crippen molar-refractivity contribution >= 4 is 43.6 Å². The standard InChI is InChI=1S/C42H24N6/c43-25-29-16-11-17-30(26-44)40(29)48-36-20-9-7-18-31(36)32-22-23-38-39(41(32)48)33-19-8-10-21-37(33)47(38)42-45-34(27-12-3-1-4-13-27)24-35(46-42)28-14-5-2-6-15-28/h1-24H. The Morgan fingerprint density at radius 2 is 1.00 bits per heavy atom. The van der Waals surface area contributed by atoms with Crippen LogP contribution in [0.15, 0.2) is 146 Å². The van der Waals surface area contributed by atoms with Crippen LogP contribution in [0.1, 0.15) is 11.1 Å². The highest BCUT2D eigenvalue weighted by Crippen LogP contribution is 2.42. The highest BCUT2D eigenvalue weighted by molar-refractivity contribution is 6.26. The number of rotatable bonds is 4. The van der Waals surface area contributed by atoms with Crippen LogP contribution in [-0.4, -0.2) is 19.1 Å². The molecule has 0 aliphatic carbocycles. The predicted octanol–water partition coefficient (Wildman–Crippen LogP) is 9.75. The Morgan fingerprint density at radius 1 is 0.458 bits per heavy atom. The van der Waals surface area contributed by atoms with E-state index in [1.54, 1.807) is 18.2 Å². The minimum Gasteiger partial charge on any atom is -0.306 e. The zero-order chi connectivity index (χ0) is 32.2. The minimum absolute atomic E-state index is 0.434. The van der Waals surface area contributed by atoms with Gasteiger partial charge in [-0.05, 0) is 36.4 Å². The van der Waals surface area contributed by atoms with Crippen LogP contribution in [-0.2, 0) is 0 Å². The fourth-order valence-electron chi connectivity index (χ4n) is 6.97. The molecule has 6 nitrogen and oxygen atoms in total. The lowest BCUT2D eigenvalue weighted by molar-refractivity contribution is 0.996. The molecule has 6 heteroatoms. The summed E-state index contributed by atoms with van der Waals surface area (Å²) in [6.07, 6.45) is 0. The summed E-state index contributed by atoms with van der Waals surface area (Å²) in [4.78, 5) is 10.4. The molecule has 0 N–H and O–H groups in total. The Bertz CT molecular complexity index is 2710. The first-order valence-electron chi connectivity index (χ1n) is 15.6. The van der Waals surface area contributed by atoms with Crippen LogP contribution in [0.2, 0.25) is 0 Å². The molecule has 0 atom stereocenters. The fraction of sp³-hybridized carbons (Fsp3) is 0. The predicted molar refractivity (Wildman–Crippen MR) is 191 cm³/mol. The molecule has 0 saturated carbocycles. The van der Waals surface area contributed by atoms with Crippen LogP contribution < -0.4 is 0 Å². The van der Waals surface area contributed by atoms with E-state index in [0.717, 1.165) is 66.1 Å². The maximum Gasteiger partial charge on any atom is 0.235 e. The van der Waals surface area contributed by atoms with E-state index in [9.17, 15) is 10.5 Å². The van der Waals surface area contributed by atoms with Gasteiger partial charge in [0.2, 0.25) is 5.95 Å². The van der Waals surface area contributed by atoms with E-state index in [1.807, 2.05) is 72.8 Å². The SMILES string of the molecule is N#Cc1cccc(C#N)c1-n1c2ccccc2c2ccc3c(c4ccccc4n3-c3nc(-c4ccccc4)cc(-c4ccccc4)n3)c21. The minimum atomic E-state index is 0.434. The third kappa shape index (κ3) is 4.04. The van der Waals surface area contributed by atoms with E-state index in [2.05, 4.69) is 75.9 Å². The van der Waals surface area contributed by atoms with Gasteiger partial charge in [-0.15, -0.1) is 0 Å². The highest BCUT2D eigenvalue weighted by Gasteiger charge is 2.24. The molecule has 0 aliphatic rings. The third-order valence-corrected chi connectivity index (χ3v) is 9.02. The number of hydrogen-bond donors (Lipinski definition) is 0. The zero-order valence-corrected chi connectivity index (χ0v) is 25.5. The summed E-state index contributed by atoms with van der Waals surface area (Å²) in [5, 5.41) is 24.6. The van der Waals surface area contributed by atoms with E-state index in [0.29, 0.717) is 22.8 Å². The number of hydrogen-bond acceptors (Lipinski definition) is 4. The van der Waals surface area contributed by atoms with Crippen LogP contribution in [0.4, 0.5) is 0 Å². The van der Waals surface area contributed by atoms with Crippen molar-refractivity contribution in [3.05, 3.63) is 157 Å². The van der Waals surface area contributed by atoms with Crippen molar-refractivity contribution in [3.63, 3.8) is 0 Å². The molecular weight excluding hydrogens is 589 g/mol. The second kappa shape index (κ2) is 10.8. The van der Waals surface area contributed by atoms with Gasteiger partial charge in [-0.25, -0.2) is 9.97 Å². The van der Waals surface area contributed by atoms with Gasteiger partial charge >= 0.3 is 0 Å². The Labute approximate surface area is 275 Å². The van der Waals surface area contributed by atoms with Crippen molar-refractivity contribution < 1.29 is 0 Å². The average molecular weight is 613 g/mol. The lowest BCUT2D eigenvalue weighted by atomic mass is 10.1. The number of benzene rings is 6. The maximum absolute atomic E-state index is 10.3. The number of fused-ring (bicyclic) bond motifs is 7. The molecule has 0 unspecified atom stereocenters. The first-order valence-corrected chi connectivity index (χ1v) is 15.6. The molecule has 48 heavy (non-hydrogen) atoms. The summed E-state index contributed by atoms with van der Waals surface area (Å²) in [6.45, 7) is 0. The van der Waals surface area contributed by atoms with Crippen molar-refractivity contribution in [1.29, 1.82) is 10.5 Å². The van der Waals surface area contributed by atoms with Gasteiger partial charge in [-0.2, -0.15) is 10.5 Å². The van der Waals surface area contributed by atoms with Crippen LogP contribution in [0.3, 0.4) is 0 Å². The second-order valence-corrected chi connectivity index (χ2v) is 11.7. The second-order valence-electron chi connectivity index (χ2n) is 11.7. The largest absolute Gasteiger partial charge is 0.306 e. The highest BCUT2D eigenvalue weighted by atomic mass is 15.2. The molecule has 0 amide bonds. The Hall–Kier alpha value is -7.02. The van der Waals surface area contributed by atoms with Crippen LogP contribution >= 0.6 is 0 Å². The van der Waals surface area contributed by atoms with E-state index >= 15 is 0 Å². The van der Waals surface area contributed by atoms with Gasteiger partial charge in [-0.1, -0.05) is 109 Å². The summed E-state index contributed by atoms with van der Waals surface area (Å²) >= 11 is 0. The molecule has 0 spiro atoms. The van der Waals surface area contributed by atoms with Crippen LogP contribution in [0.5, 0.6) is 0 Å². The Balaban J connectivity index is 1.46. The van der Waals surface area contributed by atoms with Gasteiger partial charge in [-0.3, -0.25) is 4.57 Å². The molecule has 9 aromatic rings. The van der Waals surface area contributed by atoms with Gasteiger partial charge in [0, 0.05) is 32.7 Å². The molecule has 0 saturated heterocycles. The third-order valence-electron chi connectivity index (χ3n) is 9.02. The van der Waals surface area contributed by atoms with Gasteiger partial charge in [0.05, 0.1) is 50.3 Å². The molecular formula is C42H24N6. The molecule has 222 valence electrons. The van der Waals surface area contributed by atoms with E-state index in [4.69, 9.17) is 9.97 Å². The van der Waals surface area contributed by atoms with Crippen molar-refractivity contribution in [2.45, 2.75) is 0 Å². The summed E-state index contributed by atoms with van der Waals surface area (Å²) in [6, 6.07) is 53.1. The van der Waals surface area contributed by atoms with Crippen molar-refractivity contribution in [1.82, 2.24) is 19.1 Å². The monoisotopic (exact) mass is 612 g/mol. The molecule has 9 rings (SSSR count). The summed E-state index contributed by atoms with van der Waals surface area (Å²) in [5.74, 6) is 0.554. The van der Waals surface area contributed by atoms with E-state index in [-0.39, 0.29) is 0 Å². The lowest BCUT2D eigenvalue weighted by Crippen LogP contribution is -2.04. The summed E-state index contributed by atoms with van der Waals surface area (Å²) < 4.78 is 4.23. The Morgan fingerprint density at radius 3 is 1.60 bits per heavy atom. The molecule has 0 fully saturated rings. The molecule has 6 aromatic carbocycles. The van der Waals surface area contributed by atoms with Crippen molar-refractivity contribution in [2.75, 3.05) is 0 Å². The van der Waals surface area contributed by atoms with E-state index in [1.165, 1.54) is 0 Å².